The highest BCUT2D eigenvalue weighted by molar-refractivity contribution is 7.80. The van der Waals surface area contributed by atoms with Crippen LogP contribution in [0.3, 0.4) is 0 Å². The SMILES string of the molecule is O=C1NC(=S)N(c2ccc(Cl)cc2)C(=O)C1=Cc1cc(F)ccc1C(F)(F)F. The Labute approximate surface area is 166 Å². The summed E-state index contributed by atoms with van der Waals surface area (Å²) in [6, 6.07) is 7.62. The number of rotatable bonds is 2. The van der Waals surface area contributed by atoms with Crippen LogP contribution in [-0.2, 0) is 15.8 Å². The number of alkyl halides is 3. The largest absolute Gasteiger partial charge is 0.416 e. The maximum Gasteiger partial charge on any atom is 0.416 e. The fourth-order valence-electron chi connectivity index (χ4n) is 2.55. The lowest BCUT2D eigenvalue weighted by atomic mass is 10.0. The Kier molecular flexibility index (Phi) is 5.22. The molecule has 144 valence electrons. The predicted octanol–water partition coefficient (Wildman–Crippen LogP) is 4.33. The van der Waals surface area contributed by atoms with Crippen molar-refractivity contribution < 1.29 is 27.2 Å². The minimum atomic E-state index is -4.81. The molecule has 1 aliphatic heterocycles. The average molecular weight is 429 g/mol. The first kappa shape index (κ1) is 20.0. The fourth-order valence-corrected chi connectivity index (χ4v) is 2.96. The molecule has 10 heteroatoms. The van der Waals surface area contributed by atoms with Gasteiger partial charge in [0.25, 0.3) is 11.8 Å². The standard InChI is InChI=1S/C18H9ClF4N2O2S/c19-10-1-4-12(5-2-10)25-16(27)13(15(26)24-17(25)28)8-9-7-11(20)3-6-14(9)18(21,22)23/h1-8H,(H,24,26,28). The maximum atomic E-state index is 13.5. The predicted molar refractivity (Wildman–Crippen MR) is 99.1 cm³/mol. The molecule has 28 heavy (non-hydrogen) atoms. The fraction of sp³-hybridized carbons (Fsp3) is 0.0556. The van der Waals surface area contributed by atoms with Gasteiger partial charge in [0.05, 0.1) is 11.3 Å². The van der Waals surface area contributed by atoms with Gasteiger partial charge >= 0.3 is 6.18 Å². The highest BCUT2D eigenvalue weighted by Crippen LogP contribution is 2.34. The number of anilines is 1. The third kappa shape index (κ3) is 3.90. The topological polar surface area (TPSA) is 49.4 Å². The van der Waals surface area contributed by atoms with Crippen molar-refractivity contribution in [1.29, 1.82) is 0 Å². The Morgan fingerprint density at radius 1 is 1.07 bits per heavy atom. The van der Waals surface area contributed by atoms with Crippen LogP contribution in [0.4, 0.5) is 23.2 Å². The molecular formula is C18H9ClF4N2O2S. The maximum absolute atomic E-state index is 13.5. The Morgan fingerprint density at radius 2 is 1.71 bits per heavy atom. The first-order chi connectivity index (χ1) is 13.1. The Hall–Kier alpha value is -2.78. The van der Waals surface area contributed by atoms with E-state index in [0.717, 1.165) is 4.90 Å². The molecule has 0 unspecified atom stereocenters. The smallest absolute Gasteiger partial charge is 0.298 e. The molecule has 0 bridgehead atoms. The molecule has 3 rings (SSSR count). The third-order valence-corrected chi connectivity index (χ3v) is 4.34. The number of halogens is 5. The lowest BCUT2D eigenvalue weighted by Gasteiger charge is -2.29. The van der Waals surface area contributed by atoms with Crippen molar-refractivity contribution in [2.75, 3.05) is 4.90 Å². The van der Waals surface area contributed by atoms with E-state index in [1.165, 1.54) is 24.3 Å². The molecule has 1 N–H and O–H groups in total. The van der Waals surface area contributed by atoms with Crippen LogP contribution in [0.25, 0.3) is 6.08 Å². The highest BCUT2D eigenvalue weighted by atomic mass is 35.5. The van der Waals surface area contributed by atoms with Crippen LogP contribution in [0.2, 0.25) is 5.02 Å². The molecule has 0 saturated carbocycles. The Morgan fingerprint density at radius 3 is 2.32 bits per heavy atom. The summed E-state index contributed by atoms with van der Waals surface area (Å²) >= 11 is 10.8. The van der Waals surface area contributed by atoms with E-state index in [0.29, 0.717) is 29.3 Å². The lowest BCUT2D eigenvalue weighted by molar-refractivity contribution is -0.137. The molecule has 0 atom stereocenters. The number of benzene rings is 2. The van der Waals surface area contributed by atoms with Crippen LogP contribution >= 0.6 is 23.8 Å². The van der Waals surface area contributed by atoms with Gasteiger partial charge in [-0.25, -0.2) is 4.39 Å². The summed E-state index contributed by atoms with van der Waals surface area (Å²) in [6.07, 6.45) is -4.12. The van der Waals surface area contributed by atoms with Gasteiger partial charge in [0.15, 0.2) is 5.11 Å². The molecule has 0 spiro atoms. The summed E-state index contributed by atoms with van der Waals surface area (Å²) < 4.78 is 53.1. The Bertz CT molecular complexity index is 1020. The van der Waals surface area contributed by atoms with Gasteiger partial charge in [0, 0.05) is 5.02 Å². The molecule has 2 amide bonds. The molecular weight excluding hydrogens is 420 g/mol. The molecule has 1 heterocycles. The van der Waals surface area contributed by atoms with Crippen molar-refractivity contribution in [3.05, 3.63) is 70.0 Å². The first-order valence-corrected chi connectivity index (χ1v) is 8.40. The van der Waals surface area contributed by atoms with Crippen LogP contribution in [0, 0.1) is 5.82 Å². The van der Waals surface area contributed by atoms with Gasteiger partial charge in [-0.2, -0.15) is 13.2 Å². The number of carbonyl (C=O) groups is 2. The minimum absolute atomic E-state index is 0.246. The van der Waals surface area contributed by atoms with Crippen molar-refractivity contribution in [2.45, 2.75) is 6.18 Å². The van der Waals surface area contributed by atoms with E-state index >= 15 is 0 Å². The van der Waals surface area contributed by atoms with E-state index in [-0.39, 0.29) is 10.8 Å². The molecule has 2 aromatic carbocycles. The zero-order valence-corrected chi connectivity index (χ0v) is 15.3. The van der Waals surface area contributed by atoms with Crippen molar-refractivity contribution in [3.8, 4) is 0 Å². The van der Waals surface area contributed by atoms with E-state index in [9.17, 15) is 27.2 Å². The molecule has 1 fully saturated rings. The van der Waals surface area contributed by atoms with E-state index < -0.39 is 40.5 Å². The number of thiocarbonyl (C=S) groups is 1. The normalized spacial score (nSPS) is 16.5. The van der Waals surface area contributed by atoms with Crippen molar-refractivity contribution in [1.82, 2.24) is 5.32 Å². The number of nitrogens with one attached hydrogen (secondary N) is 1. The zero-order chi connectivity index (χ0) is 20.6. The third-order valence-electron chi connectivity index (χ3n) is 3.81. The van der Waals surface area contributed by atoms with E-state index in [1.807, 2.05) is 0 Å². The second kappa shape index (κ2) is 7.33. The van der Waals surface area contributed by atoms with Crippen LogP contribution in [0.1, 0.15) is 11.1 Å². The van der Waals surface area contributed by atoms with Gasteiger partial charge in [-0.05, 0) is 66.3 Å². The van der Waals surface area contributed by atoms with Crippen molar-refractivity contribution >= 4 is 52.5 Å². The van der Waals surface area contributed by atoms with Crippen LogP contribution in [0.15, 0.2) is 48.0 Å². The molecule has 4 nitrogen and oxygen atoms in total. The number of carbonyl (C=O) groups excluding carboxylic acids is 2. The Balaban J connectivity index is 2.10. The van der Waals surface area contributed by atoms with E-state index in [1.54, 1.807) is 0 Å². The van der Waals surface area contributed by atoms with E-state index in [2.05, 4.69) is 5.32 Å². The summed E-state index contributed by atoms with van der Waals surface area (Å²) in [5.74, 6) is -2.89. The number of amides is 2. The molecule has 0 aliphatic carbocycles. The zero-order valence-electron chi connectivity index (χ0n) is 13.7. The highest BCUT2D eigenvalue weighted by Gasteiger charge is 2.37. The van der Waals surface area contributed by atoms with Crippen LogP contribution < -0.4 is 10.2 Å². The summed E-state index contributed by atoms with van der Waals surface area (Å²) in [5, 5.41) is 2.37. The summed E-state index contributed by atoms with van der Waals surface area (Å²) in [6.45, 7) is 0. The van der Waals surface area contributed by atoms with Crippen molar-refractivity contribution in [3.63, 3.8) is 0 Å². The van der Waals surface area contributed by atoms with Crippen LogP contribution in [-0.4, -0.2) is 16.9 Å². The number of nitrogens with zero attached hydrogens (tertiary/aromatic N) is 1. The second-order valence-electron chi connectivity index (χ2n) is 5.66. The van der Waals surface area contributed by atoms with Gasteiger partial charge in [-0.3, -0.25) is 19.8 Å². The van der Waals surface area contributed by atoms with E-state index in [4.69, 9.17) is 23.8 Å². The quantitative estimate of drug-likeness (QED) is 0.335. The van der Waals surface area contributed by atoms with Crippen LogP contribution in [0.5, 0.6) is 0 Å². The number of hydrogen-bond acceptors (Lipinski definition) is 3. The minimum Gasteiger partial charge on any atom is -0.298 e. The molecule has 1 aliphatic rings. The van der Waals surface area contributed by atoms with Gasteiger partial charge < -0.3 is 0 Å². The first-order valence-electron chi connectivity index (χ1n) is 7.61. The molecule has 0 aromatic heterocycles. The second-order valence-corrected chi connectivity index (χ2v) is 6.49. The molecule has 0 radical (unpaired) electrons. The average Bonchev–Trinajstić information content (AvgIpc) is 2.59. The van der Waals surface area contributed by atoms with Gasteiger partial charge in [0.1, 0.15) is 11.4 Å². The van der Waals surface area contributed by atoms with Crippen molar-refractivity contribution in [2.24, 2.45) is 0 Å². The lowest BCUT2D eigenvalue weighted by Crippen LogP contribution is -2.54. The number of hydrogen-bond donors (Lipinski definition) is 1. The summed E-state index contributed by atoms with van der Waals surface area (Å²) in [4.78, 5) is 25.9. The molecule has 2 aromatic rings. The van der Waals surface area contributed by atoms with Gasteiger partial charge in [-0.15, -0.1) is 0 Å². The summed E-state index contributed by atoms with van der Waals surface area (Å²) in [7, 11) is 0. The van der Waals surface area contributed by atoms with Gasteiger partial charge in [-0.1, -0.05) is 11.6 Å². The summed E-state index contributed by atoms with van der Waals surface area (Å²) in [5.41, 5.74) is -2.22. The monoisotopic (exact) mass is 428 g/mol. The molecule has 1 saturated heterocycles. The van der Waals surface area contributed by atoms with Gasteiger partial charge in [0.2, 0.25) is 0 Å².